The fourth-order valence-electron chi connectivity index (χ4n) is 1.42. The van der Waals surface area contributed by atoms with Crippen molar-refractivity contribution in [2.24, 2.45) is 0 Å². The van der Waals surface area contributed by atoms with E-state index in [9.17, 15) is 9.18 Å². The molecule has 0 saturated carbocycles. The van der Waals surface area contributed by atoms with Gasteiger partial charge in [0.05, 0.1) is 11.9 Å². The van der Waals surface area contributed by atoms with Gasteiger partial charge in [-0.1, -0.05) is 0 Å². The molecule has 2 aromatic rings. The lowest BCUT2D eigenvalue weighted by Gasteiger charge is -2.10. The second-order valence-electron chi connectivity index (χ2n) is 3.60. The predicted octanol–water partition coefficient (Wildman–Crippen LogP) is 4.03. The molecule has 98 valence electrons. The lowest BCUT2D eigenvalue weighted by atomic mass is 10.2. The van der Waals surface area contributed by atoms with Crippen molar-refractivity contribution in [2.75, 3.05) is 5.32 Å². The number of aromatic nitrogens is 1. The summed E-state index contributed by atoms with van der Waals surface area (Å²) in [6.07, 6.45) is 0.968. The number of nitrogens with zero attached hydrogens (tertiary/aromatic N) is 1. The van der Waals surface area contributed by atoms with Gasteiger partial charge in [-0.25, -0.2) is 14.2 Å². The number of aromatic carboxylic acids is 1. The van der Waals surface area contributed by atoms with Crippen LogP contribution in [0.3, 0.4) is 0 Å². The molecular formula is C12H7BrFIN2O2. The largest absolute Gasteiger partial charge is 0.478 e. The van der Waals surface area contributed by atoms with Crippen molar-refractivity contribution in [1.82, 2.24) is 4.98 Å². The van der Waals surface area contributed by atoms with Crippen LogP contribution in [0.2, 0.25) is 0 Å². The highest BCUT2D eigenvalue weighted by molar-refractivity contribution is 14.1. The van der Waals surface area contributed by atoms with E-state index in [1.807, 2.05) is 12.1 Å². The molecule has 2 N–H and O–H groups in total. The van der Waals surface area contributed by atoms with Crippen LogP contribution in [0.5, 0.6) is 0 Å². The van der Waals surface area contributed by atoms with Crippen molar-refractivity contribution in [3.63, 3.8) is 0 Å². The molecule has 1 aromatic carbocycles. The summed E-state index contributed by atoms with van der Waals surface area (Å²) in [6.45, 7) is 0. The van der Waals surface area contributed by atoms with Crippen LogP contribution < -0.4 is 5.32 Å². The number of carboxylic acid groups (broad SMARTS) is 1. The minimum Gasteiger partial charge on any atom is -0.478 e. The van der Waals surface area contributed by atoms with Crippen LogP contribution in [0.4, 0.5) is 15.9 Å². The molecule has 4 nitrogen and oxygen atoms in total. The highest BCUT2D eigenvalue weighted by atomic mass is 127. The van der Waals surface area contributed by atoms with Gasteiger partial charge in [0.25, 0.3) is 0 Å². The van der Waals surface area contributed by atoms with E-state index in [2.05, 4.69) is 48.8 Å². The zero-order chi connectivity index (χ0) is 14.0. The molecule has 0 saturated heterocycles. The summed E-state index contributed by atoms with van der Waals surface area (Å²) in [5, 5.41) is 11.9. The number of hydrogen-bond acceptors (Lipinski definition) is 3. The minimum atomic E-state index is -1.24. The van der Waals surface area contributed by atoms with Crippen LogP contribution in [-0.4, -0.2) is 16.1 Å². The lowest BCUT2D eigenvalue weighted by Crippen LogP contribution is -2.06. The molecule has 19 heavy (non-hydrogen) atoms. The number of hydrogen-bond donors (Lipinski definition) is 2. The summed E-state index contributed by atoms with van der Waals surface area (Å²) in [4.78, 5) is 14.8. The van der Waals surface area contributed by atoms with E-state index in [4.69, 9.17) is 5.11 Å². The van der Waals surface area contributed by atoms with E-state index in [-0.39, 0.29) is 11.4 Å². The summed E-state index contributed by atoms with van der Waals surface area (Å²) in [6, 6.07) is 6.44. The van der Waals surface area contributed by atoms with Gasteiger partial charge in [-0.3, -0.25) is 0 Å². The van der Waals surface area contributed by atoms with Crippen LogP contribution in [0.1, 0.15) is 10.4 Å². The van der Waals surface area contributed by atoms with Crippen LogP contribution >= 0.6 is 38.5 Å². The third-order valence-corrected chi connectivity index (χ3v) is 3.60. The van der Waals surface area contributed by atoms with Gasteiger partial charge in [-0.2, -0.15) is 0 Å². The van der Waals surface area contributed by atoms with Crippen molar-refractivity contribution >= 4 is 56.0 Å². The standard InChI is InChI=1S/C12H7BrFIN2O2/c13-9-4-7(15)1-2-10(9)17-11-8(12(18)19)3-6(14)5-16-11/h1-5H,(H,16,17)(H,18,19). The second-order valence-corrected chi connectivity index (χ2v) is 5.70. The Kier molecular flexibility index (Phi) is 4.35. The van der Waals surface area contributed by atoms with Crippen LogP contribution in [0.25, 0.3) is 0 Å². The van der Waals surface area contributed by atoms with Gasteiger partial charge in [0, 0.05) is 8.04 Å². The van der Waals surface area contributed by atoms with Gasteiger partial charge in [0.1, 0.15) is 17.2 Å². The third-order valence-electron chi connectivity index (χ3n) is 2.27. The Bertz CT molecular complexity index is 652. The van der Waals surface area contributed by atoms with Crippen molar-refractivity contribution in [3.05, 3.63) is 49.9 Å². The second kappa shape index (κ2) is 5.83. The quantitative estimate of drug-likeness (QED) is 0.713. The molecule has 1 heterocycles. The Hall–Kier alpha value is -1.22. The van der Waals surface area contributed by atoms with E-state index in [1.165, 1.54) is 0 Å². The first-order valence-electron chi connectivity index (χ1n) is 5.08. The maximum Gasteiger partial charge on any atom is 0.339 e. The number of benzene rings is 1. The molecule has 0 atom stereocenters. The van der Waals surface area contributed by atoms with E-state index in [1.54, 1.807) is 6.07 Å². The Balaban J connectivity index is 2.40. The zero-order valence-corrected chi connectivity index (χ0v) is 13.1. The first-order valence-corrected chi connectivity index (χ1v) is 6.95. The summed E-state index contributed by atoms with van der Waals surface area (Å²) < 4.78 is 14.8. The molecule has 0 aliphatic carbocycles. The van der Waals surface area contributed by atoms with Gasteiger partial charge >= 0.3 is 5.97 Å². The summed E-state index contributed by atoms with van der Waals surface area (Å²) in [7, 11) is 0. The average Bonchev–Trinajstić information content (AvgIpc) is 2.34. The maximum atomic E-state index is 13.0. The molecule has 2 rings (SSSR count). The van der Waals surface area contributed by atoms with Crippen molar-refractivity contribution in [3.8, 4) is 0 Å². The molecule has 0 aliphatic rings. The number of carboxylic acids is 1. The summed E-state index contributed by atoms with van der Waals surface area (Å²) in [5.41, 5.74) is 0.437. The SMILES string of the molecule is O=C(O)c1cc(F)cnc1Nc1ccc(I)cc1Br. The van der Waals surface area contributed by atoms with Crippen molar-refractivity contribution < 1.29 is 14.3 Å². The first kappa shape index (κ1) is 14.2. The first-order chi connectivity index (χ1) is 8.97. The molecule has 0 spiro atoms. The number of carbonyl (C=O) groups is 1. The molecule has 0 radical (unpaired) electrons. The highest BCUT2D eigenvalue weighted by Crippen LogP contribution is 2.28. The normalized spacial score (nSPS) is 10.3. The average molecular weight is 437 g/mol. The molecular weight excluding hydrogens is 430 g/mol. The number of halogens is 3. The highest BCUT2D eigenvalue weighted by Gasteiger charge is 2.14. The molecule has 1 aromatic heterocycles. The fraction of sp³-hybridized carbons (Fsp3) is 0. The van der Waals surface area contributed by atoms with E-state index in [0.717, 1.165) is 20.3 Å². The number of pyridine rings is 1. The summed E-state index contributed by atoms with van der Waals surface area (Å²) >= 11 is 5.52. The Morgan fingerprint density at radius 2 is 2.16 bits per heavy atom. The van der Waals surface area contributed by atoms with Gasteiger partial charge in [0.15, 0.2) is 0 Å². The smallest absolute Gasteiger partial charge is 0.339 e. The van der Waals surface area contributed by atoms with Gasteiger partial charge < -0.3 is 10.4 Å². The fourth-order valence-corrected chi connectivity index (χ4v) is 2.82. The minimum absolute atomic E-state index is 0.0933. The number of rotatable bonds is 3. The Morgan fingerprint density at radius 1 is 1.42 bits per heavy atom. The van der Waals surface area contributed by atoms with Gasteiger partial charge in [-0.15, -0.1) is 0 Å². The maximum absolute atomic E-state index is 13.0. The molecule has 7 heteroatoms. The molecule has 0 amide bonds. The molecule has 0 bridgehead atoms. The number of anilines is 2. The topological polar surface area (TPSA) is 62.2 Å². The Morgan fingerprint density at radius 3 is 2.79 bits per heavy atom. The van der Waals surface area contributed by atoms with E-state index >= 15 is 0 Å². The number of nitrogens with one attached hydrogen (secondary N) is 1. The monoisotopic (exact) mass is 436 g/mol. The van der Waals surface area contributed by atoms with E-state index in [0.29, 0.717) is 5.69 Å². The molecule has 0 aliphatic heterocycles. The van der Waals surface area contributed by atoms with Crippen LogP contribution in [0, 0.1) is 9.39 Å². The molecule has 0 unspecified atom stereocenters. The Labute approximate surface area is 130 Å². The van der Waals surface area contributed by atoms with Crippen molar-refractivity contribution in [1.29, 1.82) is 0 Å². The lowest BCUT2D eigenvalue weighted by molar-refractivity contribution is 0.0697. The van der Waals surface area contributed by atoms with Crippen LogP contribution in [0.15, 0.2) is 34.9 Å². The van der Waals surface area contributed by atoms with Crippen molar-refractivity contribution in [2.45, 2.75) is 0 Å². The van der Waals surface area contributed by atoms with E-state index < -0.39 is 11.8 Å². The predicted molar refractivity (Wildman–Crippen MR) is 81.3 cm³/mol. The zero-order valence-electron chi connectivity index (χ0n) is 9.32. The van der Waals surface area contributed by atoms with Gasteiger partial charge in [-0.05, 0) is 62.8 Å². The molecule has 0 fully saturated rings. The summed E-state index contributed by atoms with van der Waals surface area (Å²) in [5.74, 6) is -1.84. The van der Waals surface area contributed by atoms with Crippen LogP contribution in [-0.2, 0) is 0 Å². The van der Waals surface area contributed by atoms with Gasteiger partial charge in [0.2, 0.25) is 0 Å². The third kappa shape index (κ3) is 3.41.